The van der Waals surface area contributed by atoms with Gasteiger partial charge >= 0.3 is 0 Å². The van der Waals surface area contributed by atoms with Crippen LogP contribution in [0.15, 0.2) is 16.6 Å². The number of hydrogen-bond donors (Lipinski definition) is 1. The zero-order valence-electron chi connectivity index (χ0n) is 10.6. The molecule has 18 heavy (non-hydrogen) atoms. The van der Waals surface area contributed by atoms with E-state index < -0.39 is 0 Å². The first-order chi connectivity index (χ1) is 8.45. The Morgan fingerprint density at radius 1 is 1.50 bits per heavy atom. The molecule has 0 aliphatic carbocycles. The normalized spacial score (nSPS) is 10.4. The first-order valence-electron chi connectivity index (χ1n) is 5.82. The van der Waals surface area contributed by atoms with Crippen molar-refractivity contribution >= 4 is 27.3 Å². The Balaban J connectivity index is 3.04. The fourth-order valence-electron chi connectivity index (χ4n) is 1.76. The first kappa shape index (κ1) is 14.8. The Morgan fingerprint density at radius 3 is 2.72 bits per heavy atom. The average molecular weight is 314 g/mol. The van der Waals surface area contributed by atoms with Gasteiger partial charge in [0, 0.05) is 19.2 Å². The quantitative estimate of drug-likeness (QED) is 0.846. The molecule has 3 nitrogen and oxygen atoms in total. The number of hydrogen-bond acceptors (Lipinski definition) is 3. The molecule has 0 bridgehead atoms. The predicted molar refractivity (Wildman–Crippen MR) is 75.8 cm³/mol. The predicted octanol–water partition coefficient (Wildman–Crippen LogP) is 3.55. The minimum absolute atomic E-state index is 0.343. The highest BCUT2D eigenvalue weighted by Crippen LogP contribution is 2.30. The van der Waals surface area contributed by atoms with Crippen molar-refractivity contribution in [2.45, 2.75) is 20.3 Å². The summed E-state index contributed by atoms with van der Waals surface area (Å²) >= 11 is 3.11. The third-order valence-corrected chi connectivity index (χ3v) is 3.10. The van der Waals surface area contributed by atoms with E-state index in [1.165, 1.54) is 6.07 Å². The maximum atomic E-state index is 13.6. The van der Waals surface area contributed by atoms with Crippen LogP contribution in [0, 0.1) is 23.1 Å². The van der Waals surface area contributed by atoms with Crippen molar-refractivity contribution in [1.82, 2.24) is 0 Å². The summed E-state index contributed by atoms with van der Waals surface area (Å²) in [6.45, 7) is 5.45. The standard InChI is InChI=1S/C13H17BrFN3/c1-9(2)8-18(5-3-4-16)13-7-11(15)10(14)6-12(13)17/h6-7,9H,3,5,8,17H2,1-2H3. The molecule has 0 heterocycles. The van der Waals surface area contributed by atoms with Crippen molar-refractivity contribution in [2.75, 3.05) is 23.7 Å². The molecule has 0 radical (unpaired) electrons. The van der Waals surface area contributed by atoms with Crippen molar-refractivity contribution < 1.29 is 4.39 Å². The second-order valence-corrected chi connectivity index (χ2v) is 5.43. The topological polar surface area (TPSA) is 53.0 Å². The smallest absolute Gasteiger partial charge is 0.139 e. The van der Waals surface area contributed by atoms with Crippen LogP contribution in [0.1, 0.15) is 20.3 Å². The third kappa shape index (κ3) is 3.88. The molecule has 0 aliphatic heterocycles. The van der Waals surface area contributed by atoms with E-state index in [4.69, 9.17) is 11.0 Å². The van der Waals surface area contributed by atoms with Crippen molar-refractivity contribution in [3.8, 4) is 6.07 Å². The maximum Gasteiger partial charge on any atom is 0.139 e. The van der Waals surface area contributed by atoms with Crippen LogP contribution in [0.4, 0.5) is 15.8 Å². The van der Waals surface area contributed by atoms with Crippen molar-refractivity contribution in [2.24, 2.45) is 5.92 Å². The number of nitriles is 1. The van der Waals surface area contributed by atoms with Gasteiger partial charge in [-0.2, -0.15) is 5.26 Å². The number of nitrogen functional groups attached to an aromatic ring is 1. The Bertz CT molecular complexity index is 454. The third-order valence-electron chi connectivity index (χ3n) is 2.49. The zero-order chi connectivity index (χ0) is 13.7. The molecule has 0 saturated carbocycles. The van der Waals surface area contributed by atoms with E-state index in [1.54, 1.807) is 6.07 Å². The lowest BCUT2D eigenvalue weighted by atomic mass is 10.1. The monoisotopic (exact) mass is 313 g/mol. The summed E-state index contributed by atoms with van der Waals surface area (Å²) in [6.07, 6.45) is 0.393. The molecule has 0 aromatic heterocycles. The lowest BCUT2D eigenvalue weighted by Gasteiger charge is -2.27. The molecular formula is C13H17BrFN3. The Morgan fingerprint density at radius 2 is 2.17 bits per heavy atom. The van der Waals surface area contributed by atoms with Gasteiger partial charge in [-0.05, 0) is 27.9 Å². The van der Waals surface area contributed by atoms with Gasteiger partial charge in [0.25, 0.3) is 0 Å². The van der Waals surface area contributed by atoms with Gasteiger partial charge in [0.05, 0.1) is 28.3 Å². The van der Waals surface area contributed by atoms with Gasteiger partial charge in [0.2, 0.25) is 0 Å². The number of halogens is 2. The molecule has 0 atom stereocenters. The molecule has 1 rings (SSSR count). The molecule has 0 spiro atoms. The summed E-state index contributed by atoms with van der Waals surface area (Å²) in [5.41, 5.74) is 7.09. The Hall–Kier alpha value is -1.28. The van der Waals surface area contributed by atoms with E-state index >= 15 is 0 Å². The van der Waals surface area contributed by atoms with Crippen molar-refractivity contribution in [1.29, 1.82) is 5.26 Å². The number of benzene rings is 1. The van der Waals surface area contributed by atoms with E-state index in [0.29, 0.717) is 34.7 Å². The summed E-state index contributed by atoms with van der Waals surface area (Å²) in [5, 5.41) is 8.67. The van der Waals surface area contributed by atoms with Crippen LogP contribution in [0.3, 0.4) is 0 Å². The average Bonchev–Trinajstić information content (AvgIpc) is 2.29. The molecule has 0 unspecified atom stereocenters. The summed E-state index contributed by atoms with van der Waals surface area (Å²) in [4.78, 5) is 1.96. The fraction of sp³-hybridized carbons (Fsp3) is 0.462. The molecule has 2 N–H and O–H groups in total. The van der Waals surface area contributed by atoms with Crippen molar-refractivity contribution in [3.63, 3.8) is 0 Å². The zero-order valence-corrected chi connectivity index (χ0v) is 12.2. The second kappa shape index (κ2) is 6.60. The van der Waals surface area contributed by atoms with E-state index in [9.17, 15) is 4.39 Å². The number of nitrogens with two attached hydrogens (primary N) is 1. The van der Waals surface area contributed by atoms with Gasteiger partial charge in [-0.15, -0.1) is 0 Å². The largest absolute Gasteiger partial charge is 0.397 e. The van der Waals surface area contributed by atoms with Gasteiger partial charge < -0.3 is 10.6 Å². The van der Waals surface area contributed by atoms with E-state index in [1.807, 2.05) is 4.90 Å². The SMILES string of the molecule is CC(C)CN(CCC#N)c1cc(F)c(Br)cc1N. The minimum atomic E-state index is -0.343. The van der Waals surface area contributed by atoms with E-state index in [-0.39, 0.29) is 5.82 Å². The Kier molecular flexibility index (Phi) is 5.42. The highest BCUT2D eigenvalue weighted by atomic mass is 79.9. The number of rotatable bonds is 5. The fourth-order valence-corrected chi connectivity index (χ4v) is 2.12. The van der Waals surface area contributed by atoms with Gasteiger partial charge in [0.15, 0.2) is 0 Å². The second-order valence-electron chi connectivity index (χ2n) is 4.57. The molecule has 0 aliphatic rings. The highest BCUT2D eigenvalue weighted by Gasteiger charge is 2.14. The lowest BCUT2D eigenvalue weighted by Crippen LogP contribution is -2.29. The van der Waals surface area contributed by atoms with E-state index in [2.05, 4.69) is 35.8 Å². The first-order valence-corrected chi connectivity index (χ1v) is 6.61. The Labute approximate surface area is 116 Å². The molecule has 1 aromatic rings. The number of anilines is 2. The maximum absolute atomic E-state index is 13.6. The van der Waals surface area contributed by atoms with Crippen LogP contribution in [0.2, 0.25) is 0 Å². The summed E-state index contributed by atoms with van der Waals surface area (Å²) in [7, 11) is 0. The molecular weight excluding hydrogens is 297 g/mol. The summed E-state index contributed by atoms with van der Waals surface area (Å²) in [6, 6.07) is 5.08. The van der Waals surface area contributed by atoms with Crippen LogP contribution >= 0.6 is 15.9 Å². The van der Waals surface area contributed by atoms with Gasteiger partial charge in [-0.3, -0.25) is 0 Å². The summed E-state index contributed by atoms with van der Waals surface area (Å²) < 4.78 is 13.9. The summed E-state index contributed by atoms with van der Waals surface area (Å²) in [5.74, 6) is 0.0692. The van der Waals surface area contributed by atoms with Crippen LogP contribution in [-0.4, -0.2) is 13.1 Å². The minimum Gasteiger partial charge on any atom is -0.397 e. The van der Waals surface area contributed by atoms with Gasteiger partial charge in [-0.1, -0.05) is 13.8 Å². The van der Waals surface area contributed by atoms with Crippen LogP contribution in [0.5, 0.6) is 0 Å². The van der Waals surface area contributed by atoms with Crippen LogP contribution < -0.4 is 10.6 Å². The molecule has 0 saturated heterocycles. The molecule has 0 amide bonds. The number of nitrogens with zero attached hydrogens (tertiary/aromatic N) is 2. The molecule has 1 aromatic carbocycles. The molecule has 0 fully saturated rings. The van der Waals surface area contributed by atoms with Crippen molar-refractivity contribution in [3.05, 3.63) is 22.4 Å². The van der Waals surface area contributed by atoms with Crippen LogP contribution in [0.25, 0.3) is 0 Å². The highest BCUT2D eigenvalue weighted by molar-refractivity contribution is 9.10. The van der Waals surface area contributed by atoms with Gasteiger partial charge in [0.1, 0.15) is 5.82 Å². The van der Waals surface area contributed by atoms with Gasteiger partial charge in [-0.25, -0.2) is 4.39 Å². The molecule has 5 heteroatoms. The van der Waals surface area contributed by atoms with E-state index in [0.717, 1.165) is 6.54 Å². The molecule has 98 valence electrons. The lowest BCUT2D eigenvalue weighted by molar-refractivity contribution is 0.602. The van der Waals surface area contributed by atoms with Crippen LogP contribution in [-0.2, 0) is 0 Å².